The Morgan fingerprint density at radius 2 is 1.80 bits per heavy atom. The molecule has 156 valence electrons. The summed E-state index contributed by atoms with van der Waals surface area (Å²) in [6.45, 7) is 1.67. The molecule has 3 aromatic rings. The van der Waals surface area contributed by atoms with Crippen molar-refractivity contribution < 1.29 is 23.1 Å². The Morgan fingerprint density at radius 3 is 2.47 bits per heavy atom. The highest BCUT2D eigenvalue weighted by Crippen LogP contribution is 2.44. The monoisotopic (exact) mass is 410 g/mol. The Bertz CT molecular complexity index is 1030. The Balaban J connectivity index is 1.53. The number of rotatable bonds is 6. The molecule has 7 heteroatoms. The predicted octanol–water partition coefficient (Wildman–Crippen LogP) is 5.00. The minimum atomic E-state index is -0.974. The van der Waals surface area contributed by atoms with Gasteiger partial charge >= 0.3 is 5.97 Å². The molecule has 1 aliphatic rings. The number of ether oxygens (including phenoxy) is 2. The summed E-state index contributed by atoms with van der Waals surface area (Å²) in [6.07, 6.45) is 2.06. The molecule has 2 aromatic carbocycles. The van der Waals surface area contributed by atoms with Crippen molar-refractivity contribution in [2.75, 3.05) is 7.11 Å². The van der Waals surface area contributed by atoms with Crippen molar-refractivity contribution in [1.82, 2.24) is 10.2 Å². The van der Waals surface area contributed by atoms with Gasteiger partial charge in [-0.1, -0.05) is 31.0 Å². The van der Waals surface area contributed by atoms with Crippen LogP contribution in [0.25, 0.3) is 11.5 Å². The van der Waals surface area contributed by atoms with Crippen LogP contribution in [0.5, 0.6) is 5.75 Å². The van der Waals surface area contributed by atoms with Crippen molar-refractivity contribution in [3.05, 3.63) is 65.8 Å². The van der Waals surface area contributed by atoms with Crippen LogP contribution < -0.4 is 4.74 Å². The summed E-state index contributed by atoms with van der Waals surface area (Å²) in [6, 6.07) is 13.6. The number of hydrogen-bond acceptors (Lipinski definition) is 6. The summed E-state index contributed by atoms with van der Waals surface area (Å²) < 4.78 is 31.1. The first-order chi connectivity index (χ1) is 14.5. The molecule has 1 aromatic heterocycles. The van der Waals surface area contributed by atoms with E-state index in [-0.39, 0.29) is 11.7 Å². The van der Waals surface area contributed by atoms with Gasteiger partial charge in [-0.05, 0) is 50.1 Å². The lowest BCUT2D eigenvalue weighted by Crippen LogP contribution is -2.36. The van der Waals surface area contributed by atoms with Crippen molar-refractivity contribution in [3.63, 3.8) is 0 Å². The third-order valence-corrected chi connectivity index (χ3v) is 5.65. The average molecular weight is 410 g/mol. The topological polar surface area (TPSA) is 74.5 Å². The second-order valence-corrected chi connectivity index (χ2v) is 7.49. The van der Waals surface area contributed by atoms with Crippen molar-refractivity contribution in [2.45, 2.75) is 44.1 Å². The molecule has 0 saturated heterocycles. The van der Waals surface area contributed by atoms with E-state index in [0.717, 1.165) is 24.2 Å². The van der Waals surface area contributed by atoms with Gasteiger partial charge in [0.2, 0.25) is 5.89 Å². The number of aromatic nitrogens is 2. The lowest BCUT2D eigenvalue weighted by Gasteiger charge is -2.28. The highest BCUT2D eigenvalue weighted by Gasteiger charge is 2.46. The van der Waals surface area contributed by atoms with E-state index in [2.05, 4.69) is 10.2 Å². The molecule has 30 heavy (non-hydrogen) atoms. The fraction of sp³-hybridized carbons (Fsp3) is 0.348. The van der Waals surface area contributed by atoms with E-state index in [1.54, 1.807) is 56.5 Å². The molecule has 0 amide bonds. The van der Waals surface area contributed by atoms with Gasteiger partial charge in [-0.15, -0.1) is 10.2 Å². The van der Waals surface area contributed by atoms with Crippen molar-refractivity contribution in [1.29, 1.82) is 0 Å². The zero-order valence-electron chi connectivity index (χ0n) is 16.9. The molecule has 0 bridgehead atoms. The molecule has 1 aliphatic carbocycles. The normalized spacial score (nSPS) is 16.2. The number of benzene rings is 2. The first-order valence-corrected chi connectivity index (χ1v) is 9.97. The SMILES string of the molecule is COc1ccc(-c2nnc([C@H](C)OC(=O)C3(c4ccccc4F)CCCC3)o2)cc1. The van der Waals surface area contributed by atoms with Crippen molar-refractivity contribution in [3.8, 4) is 17.2 Å². The van der Waals surface area contributed by atoms with Gasteiger partial charge in [0.1, 0.15) is 11.6 Å². The molecule has 1 atom stereocenters. The van der Waals surface area contributed by atoms with Gasteiger partial charge in [0, 0.05) is 11.1 Å². The maximum absolute atomic E-state index is 14.5. The summed E-state index contributed by atoms with van der Waals surface area (Å²) >= 11 is 0. The Kier molecular flexibility index (Phi) is 5.53. The number of nitrogens with zero attached hydrogens (tertiary/aromatic N) is 2. The van der Waals surface area contributed by atoms with Crippen LogP contribution in [0.15, 0.2) is 52.9 Å². The minimum absolute atomic E-state index is 0.191. The largest absolute Gasteiger partial charge is 0.497 e. The van der Waals surface area contributed by atoms with Crippen LogP contribution in [-0.4, -0.2) is 23.3 Å². The first-order valence-electron chi connectivity index (χ1n) is 9.97. The molecule has 0 unspecified atom stereocenters. The fourth-order valence-corrected chi connectivity index (χ4v) is 3.98. The van der Waals surface area contributed by atoms with E-state index in [9.17, 15) is 9.18 Å². The van der Waals surface area contributed by atoms with Crippen molar-refractivity contribution in [2.24, 2.45) is 0 Å². The second kappa shape index (κ2) is 8.26. The zero-order valence-corrected chi connectivity index (χ0v) is 16.9. The zero-order chi connectivity index (χ0) is 21.1. The molecule has 1 fully saturated rings. The summed E-state index contributed by atoms with van der Waals surface area (Å²) in [7, 11) is 1.59. The van der Waals surface area contributed by atoms with Gasteiger partial charge in [-0.25, -0.2) is 4.39 Å². The Morgan fingerprint density at radius 1 is 1.10 bits per heavy atom. The number of carbonyl (C=O) groups is 1. The first kappa shape index (κ1) is 20.1. The average Bonchev–Trinajstić information content (AvgIpc) is 3.45. The van der Waals surface area contributed by atoms with Gasteiger partial charge in [-0.3, -0.25) is 4.79 Å². The fourth-order valence-electron chi connectivity index (χ4n) is 3.98. The van der Waals surface area contributed by atoms with Crippen molar-refractivity contribution >= 4 is 5.97 Å². The lowest BCUT2D eigenvalue weighted by molar-refractivity contribution is -0.157. The van der Waals surface area contributed by atoms with Crippen LogP contribution in [0.3, 0.4) is 0 Å². The van der Waals surface area contributed by atoms with Crippen LogP contribution in [0.2, 0.25) is 0 Å². The predicted molar refractivity (Wildman–Crippen MR) is 107 cm³/mol. The van der Waals surface area contributed by atoms with Gasteiger partial charge < -0.3 is 13.9 Å². The smallest absolute Gasteiger partial charge is 0.317 e. The van der Waals surface area contributed by atoms with Crippen LogP contribution in [0, 0.1) is 5.82 Å². The Hall–Kier alpha value is -3.22. The molecule has 4 rings (SSSR count). The van der Waals surface area contributed by atoms with Gasteiger partial charge in [-0.2, -0.15) is 0 Å². The summed E-state index contributed by atoms with van der Waals surface area (Å²) in [4.78, 5) is 13.2. The molecular weight excluding hydrogens is 387 g/mol. The van der Waals surface area contributed by atoms with Gasteiger partial charge in [0.15, 0.2) is 6.10 Å². The molecule has 0 N–H and O–H groups in total. The van der Waals surface area contributed by atoms with E-state index in [0.29, 0.717) is 24.3 Å². The Labute approximate surface area is 174 Å². The summed E-state index contributed by atoms with van der Waals surface area (Å²) in [5.74, 6) is 0.386. The van der Waals surface area contributed by atoms with E-state index in [1.165, 1.54) is 6.07 Å². The molecule has 1 saturated carbocycles. The molecule has 6 nitrogen and oxygen atoms in total. The number of methoxy groups -OCH3 is 1. The van der Waals surface area contributed by atoms with Gasteiger partial charge in [0.05, 0.1) is 12.5 Å². The maximum atomic E-state index is 14.5. The van der Waals surface area contributed by atoms with Crippen LogP contribution in [-0.2, 0) is 14.9 Å². The third kappa shape index (κ3) is 3.67. The van der Waals surface area contributed by atoms with E-state index < -0.39 is 17.5 Å². The lowest BCUT2D eigenvalue weighted by atomic mass is 9.78. The number of carbonyl (C=O) groups excluding carboxylic acids is 1. The van der Waals surface area contributed by atoms with Crippen LogP contribution in [0.1, 0.15) is 50.2 Å². The number of halogens is 1. The highest BCUT2D eigenvalue weighted by atomic mass is 19.1. The molecule has 0 spiro atoms. The molecule has 1 heterocycles. The van der Waals surface area contributed by atoms with Crippen LogP contribution in [0.4, 0.5) is 4.39 Å². The summed E-state index contributed by atoms with van der Waals surface area (Å²) in [5.41, 5.74) is 0.147. The molecule has 0 aliphatic heterocycles. The third-order valence-electron chi connectivity index (χ3n) is 5.65. The highest BCUT2D eigenvalue weighted by molar-refractivity contribution is 5.84. The standard InChI is InChI=1S/C23H23FN2O4/c1-15(20-25-26-21(30-20)16-9-11-17(28-2)12-10-16)29-22(27)23(13-5-6-14-23)18-7-3-4-8-19(18)24/h3-4,7-12,15H,5-6,13-14H2,1-2H3/t15-/m0/s1. The molecular formula is C23H23FN2O4. The number of hydrogen-bond donors (Lipinski definition) is 0. The van der Waals surface area contributed by atoms with E-state index >= 15 is 0 Å². The van der Waals surface area contributed by atoms with Crippen LogP contribution >= 0.6 is 0 Å². The van der Waals surface area contributed by atoms with Gasteiger partial charge in [0.25, 0.3) is 5.89 Å². The molecule has 0 radical (unpaired) electrons. The quantitative estimate of drug-likeness (QED) is 0.533. The number of esters is 1. The minimum Gasteiger partial charge on any atom is -0.497 e. The van der Waals surface area contributed by atoms with E-state index in [4.69, 9.17) is 13.9 Å². The second-order valence-electron chi connectivity index (χ2n) is 7.49. The maximum Gasteiger partial charge on any atom is 0.317 e. The summed E-state index contributed by atoms with van der Waals surface area (Å²) in [5, 5.41) is 8.08. The van der Waals surface area contributed by atoms with E-state index in [1.807, 2.05) is 0 Å².